The van der Waals surface area contributed by atoms with Gasteiger partial charge in [0, 0.05) is 6.54 Å². The molecule has 7 heteroatoms. The van der Waals surface area contributed by atoms with E-state index in [2.05, 4.69) is 4.72 Å². The van der Waals surface area contributed by atoms with Crippen molar-refractivity contribution in [2.75, 3.05) is 6.54 Å². The summed E-state index contributed by atoms with van der Waals surface area (Å²) in [5, 5.41) is 17.5. The van der Waals surface area contributed by atoms with Gasteiger partial charge in [-0.05, 0) is 31.9 Å². The maximum absolute atomic E-state index is 12.0. The highest BCUT2D eigenvalue weighted by atomic mass is 32.2. The van der Waals surface area contributed by atoms with E-state index in [-0.39, 0.29) is 17.9 Å². The van der Waals surface area contributed by atoms with Crippen LogP contribution in [-0.4, -0.2) is 37.2 Å². The van der Waals surface area contributed by atoms with Gasteiger partial charge in [0.2, 0.25) is 10.0 Å². The third-order valence-corrected chi connectivity index (χ3v) is 4.24. The molecule has 0 aromatic heterocycles. The minimum Gasteiger partial charge on any atom is -0.479 e. The summed E-state index contributed by atoms with van der Waals surface area (Å²) in [7, 11) is -3.68. The first kappa shape index (κ1) is 15.6. The second-order valence-electron chi connectivity index (χ2n) is 4.31. The Morgan fingerprint density at radius 2 is 2.00 bits per heavy atom. The molecule has 0 aliphatic rings. The third-order valence-electron chi connectivity index (χ3n) is 2.61. The fraction of sp³-hybridized carbons (Fsp3) is 0.417. The van der Waals surface area contributed by atoms with Crippen molar-refractivity contribution in [3.05, 3.63) is 29.3 Å². The first-order valence-electron chi connectivity index (χ1n) is 5.72. The van der Waals surface area contributed by atoms with Gasteiger partial charge >= 0.3 is 5.97 Å². The topological polar surface area (TPSA) is 104 Å². The molecule has 0 saturated heterocycles. The standard InChI is InChI=1S/C12H17NO5S/c1-8-3-4-11(9(2)7-8)19(17,18)13-6-5-10(14)12(15)16/h3-4,7,10,13-14H,5-6H2,1-2H3,(H,15,16)/t10-/m0/s1. The average Bonchev–Trinajstić information content (AvgIpc) is 2.27. The van der Waals surface area contributed by atoms with Crippen LogP contribution in [0.3, 0.4) is 0 Å². The molecular weight excluding hydrogens is 270 g/mol. The lowest BCUT2D eigenvalue weighted by Crippen LogP contribution is -2.30. The fourth-order valence-corrected chi connectivity index (χ4v) is 2.90. The van der Waals surface area contributed by atoms with Crippen LogP contribution in [0.1, 0.15) is 17.5 Å². The lowest BCUT2D eigenvalue weighted by atomic mass is 10.2. The number of aliphatic hydroxyl groups is 1. The highest BCUT2D eigenvalue weighted by Crippen LogP contribution is 2.16. The van der Waals surface area contributed by atoms with Gasteiger partial charge in [0.25, 0.3) is 0 Å². The number of aryl methyl sites for hydroxylation is 2. The van der Waals surface area contributed by atoms with Gasteiger partial charge in [-0.3, -0.25) is 0 Å². The molecule has 0 saturated carbocycles. The second-order valence-corrected chi connectivity index (χ2v) is 6.04. The van der Waals surface area contributed by atoms with Crippen LogP contribution in [0, 0.1) is 13.8 Å². The van der Waals surface area contributed by atoms with E-state index in [9.17, 15) is 13.2 Å². The Morgan fingerprint density at radius 3 is 2.53 bits per heavy atom. The predicted octanol–water partition coefficient (Wildman–Crippen LogP) is 0.417. The Balaban J connectivity index is 2.74. The van der Waals surface area contributed by atoms with Gasteiger partial charge in [-0.2, -0.15) is 0 Å². The zero-order chi connectivity index (χ0) is 14.6. The summed E-state index contributed by atoms with van der Waals surface area (Å²) in [6, 6.07) is 4.94. The molecule has 3 N–H and O–H groups in total. The number of benzene rings is 1. The number of sulfonamides is 1. The number of rotatable bonds is 6. The molecule has 1 rings (SSSR count). The average molecular weight is 287 g/mol. The van der Waals surface area contributed by atoms with Crippen LogP contribution in [0.2, 0.25) is 0 Å². The van der Waals surface area contributed by atoms with Gasteiger partial charge in [0.15, 0.2) is 6.10 Å². The number of aliphatic hydroxyl groups excluding tert-OH is 1. The maximum atomic E-state index is 12.0. The van der Waals surface area contributed by atoms with Crippen molar-refractivity contribution in [1.29, 1.82) is 0 Å². The number of carbonyl (C=O) groups is 1. The van der Waals surface area contributed by atoms with Crippen LogP contribution < -0.4 is 4.72 Å². The molecule has 0 spiro atoms. The van der Waals surface area contributed by atoms with Crippen LogP contribution in [0.25, 0.3) is 0 Å². The van der Waals surface area contributed by atoms with Gasteiger partial charge in [-0.15, -0.1) is 0 Å². The molecule has 0 bridgehead atoms. The third kappa shape index (κ3) is 4.30. The quantitative estimate of drug-likeness (QED) is 0.703. The Morgan fingerprint density at radius 1 is 1.37 bits per heavy atom. The lowest BCUT2D eigenvalue weighted by molar-refractivity contribution is -0.146. The molecule has 1 atom stereocenters. The summed E-state index contributed by atoms with van der Waals surface area (Å²) < 4.78 is 26.2. The van der Waals surface area contributed by atoms with Crippen molar-refractivity contribution < 1.29 is 23.4 Å². The molecule has 1 aromatic rings. The van der Waals surface area contributed by atoms with Crippen molar-refractivity contribution in [3.8, 4) is 0 Å². The highest BCUT2D eigenvalue weighted by molar-refractivity contribution is 7.89. The van der Waals surface area contributed by atoms with E-state index in [1.54, 1.807) is 19.1 Å². The van der Waals surface area contributed by atoms with Crippen LogP contribution in [0.15, 0.2) is 23.1 Å². The largest absolute Gasteiger partial charge is 0.479 e. The van der Waals surface area contributed by atoms with Gasteiger partial charge in [0.1, 0.15) is 0 Å². The van der Waals surface area contributed by atoms with E-state index < -0.39 is 22.1 Å². The Labute approximate surface area is 112 Å². The molecule has 6 nitrogen and oxygen atoms in total. The second kappa shape index (κ2) is 6.14. The summed E-state index contributed by atoms with van der Waals surface area (Å²) >= 11 is 0. The van der Waals surface area contributed by atoms with Crippen molar-refractivity contribution in [2.45, 2.75) is 31.3 Å². The molecule has 0 unspecified atom stereocenters. The van der Waals surface area contributed by atoms with Crippen molar-refractivity contribution in [3.63, 3.8) is 0 Å². The van der Waals surface area contributed by atoms with E-state index in [4.69, 9.17) is 10.2 Å². The summed E-state index contributed by atoms with van der Waals surface area (Å²) in [5.74, 6) is -1.37. The number of hydrogen-bond acceptors (Lipinski definition) is 4. The minimum atomic E-state index is -3.68. The SMILES string of the molecule is Cc1ccc(S(=O)(=O)NCC[C@H](O)C(=O)O)c(C)c1. The van der Waals surface area contributed by atoms with Gasteiger partial charge in [-0.25, -0.2) is 17.9 Å². The molecule has 0 amide bonds. The number of carboxylic acid groups (broad SMARTS) is 1. The zero-order valence-corrected chi connectivity index (χ0v) is 11.6. The molecule has 1 aromatic carbocycles. The van der Waals surface area contributed by atoms with Gasteiger partial charge in [0.05, 0.1) is 4.90 Å². The monoisotopic (exact) mass is 287 g/mol. The Bertz CT molecular complexity index is 567. The molecule has 0 aliphatic heterocycles. The lowest BCUT2D eigenvalue weighted by Gasteiger charge is -2.10. The van der Waals surface area contributed by atoms with E-state index in [0.29, 0.717) is 5.56 Å². The fourth-order valence-electron chi connectivity index (χ4n) is 1.63. The number of hydrogen-bond donors (Lipinski definition) is 3. The predicted molar refractivity (Wildman–Crippen MR) is 69.4 cm³/mol. The van der Waals surface area contributed by atoms with E-state index in [0.717, 1.165) is 5.56 Å². The summed E-state index contributed by atoms with van der Waals surface area (Å²) in [5.41, 5.74) is 1.57. The van der Waals surface area contributed by atoms with E-state index in [1.807, 2.05) is 6.92 Å². The normalized spacial score (nSPS) is 13.2. The Kier molecular flexibility index (Phi) is 5.04. The molecule has 0 radical (unpaired) electrons. The van der Waals surface area contributed by atoms with Crippen LogP contribution in [0.4, 0.5) is 0 Å². The summed E-state index contributed by atoms with van der Waals surface area (Å²) in [4.78, 5) is 10.5. The van der Waals surface area contributed by atoms with E-state index in [1.165, 1.54) is 6.07 Å². The van der Waals surface area contributed by atoms with Crippen LogP contribution in [-0.2, 0) is 14.8 Å². The van der Waals surface area contributed by atoms with Gasteiger partial charge in [-0.1, -0.05) is 17.7 Å². The maximum Gasteiger partial charge on any atom is 0.332 e. The number of aliphatic carboxylic acids is 1. The highest BCUT2D eigenvalue weighted by Gasteiger charge is 2.18. The minimum absolute atomic E-state index is 0.136. The Hall–Kier alpha value is -1.44. The molecule has 0 heterocycles. The first-order valence-corrected chi connectivity index (χ1v) is 7.20. The van der Waals surface area contributed by atoms with Gasteiger partial charge < -0.3 is 10.2 Å². The van der Waals surface area contributed by atoms with Crippen molar-refractivity contribution >= 4 is 16.0 Å². The van der Waals surface area contributed by atoms with Crippen molar-refractivity contribution in [2.24, 2.45) is 0 Å². The summed E-state index contributed by atoms with van der Waals surface area (Å²) in [6.07, 6.45) is -1.75. The zero-order valence-electron chi connectivity index (χ0n) is 10.8. The van der Waals surface area contributed by atoms with Crippen LogP contribution >= 0.6 is 0 Å². The number of carboxylic acids is 1. The molecule has 0 fully saturated rings. The number of nitrogens with one attached hydrogen (secondary N) is 1. The van der Waals surface area contributed by atoms with Crippen molar-refractivity contribution in [1.82, 2.24) is 4.72 Å². The smallest absolute Gasteiger partial charge is 0.332 e. The molecular formula is C12H17NO5S. The molecule has 106 valence electrons. The molecule has 19 heavy (non-hydrogen) atoms. The first-order chi connectivity index (χ1) is 8.74. The van der Waals surface area contributed by atoms with Crippen LogP contribution in [0.5, 0.6) is 0 Å². The summed E-state index contributed by atoms with van der Waals surface area (Å²) in [6.45, 7) is 3.41. The van der Waals surface area contributed by atoms with E-state index >= 15 is 0 Å². The molecule has 0 aliphatic carbocycles.